The van der Waals surface area contributed by atoms with Gasteiger partial charge in [-0.15, -0.1) is 0 Å². The molecule has 0 saturated carbocycles. The van der Waals surface area contributed by atoms with E-state index < -0.39 is 5.97 Å². The fraction of sp³-hybridized carbons (Fsp3) is 0.727. The number of hydrogen-bond acceptors (Lipinski definition) is 4. The standard InChI is InChI=1S/C11H20N2O3/c1-9(11(14)15)7-12-10(2)8-13-3-5-16-6-4-13/h10,12H,1,3-8H2,2H3,(H,14,15). The van der Waals surface area contributed by atoms with Crippen LogP contribution in [0.25, 0.3) is 0 Å². The van der Waals surface area contributed by atoms with Crippen LogP contribution < -0.4 is 5.32 Å². The van der Waals surface area contributed by atoms with Crippen molar-refractivity contribution in [1.82, 2.24) is 10.2 Å². The van der Waals surface area contributed by atoms with E-state index in [0.29, 0.717) is 6.54 Å². The first-order chi connectivity index (χ1) is 7.59. The van der Waals surface area contributed by atoms with Crippen molar-refractivity contribution in [3.63, 3.8) is 0 Å². The summed E-state index contributed by atoms with van der Waals surface area (Å²) in [6.45, 7) is 10.2. The van der Waals surface area contributed by atoms with Crippen molar-refractivity contribution in [1.29, 1.82) is 0 Å². The summed E-state index contributed by atoms with van der Waals surface area (Å²) >= 11 is 0. The fourth-order valence-electron chi connectivity index (χ4n) is 1.61. The van der Waals surface area contributed by atoms with Crippen LogP contribution in [0.1, 0.15) is 6.92 Å². The highest BCUT2D eigenvalue weighted by Crippen LogP contribution is 1.98. The predicted octanol–water partition coefficient (Wildman–Crippen LogP) is -0.0625. The minimum absolute atomic E-state index is 0.203. The van der Waals surface area contributed by atoms with Gasteiger partial charge in [-0.05, 0) is 6.92 Å². The Balaban J connectivity index is 2.17. The van der Waals surface area contributed by atoms with Crippen molar-refractivity contribution in [3.05, 3.63) is 12.2 Å². The summed E-state index contributed by atoms with van der Waals surface area (Å²) in [5.41, 5.74) is 0.203. The van der Waals surface area contributed by atoms with Gasteiger partial charge in [0.25, 0.3) is 0 Å². The van der Waals surface area contributed by atoms with E-state index in [4.69, 9.17) is 9.84 Å². The van der Waals surface area contributed by atoms with E-state index in [1.165, 1.54) is 0 Å². The van der Waals surface area contributed by atoms with E-state index in [9.17, 15) is 4.79 Å². The van der Waals surface area contributed by atoms with Gasteiger partial charge in [0, 0.05) is 37.8 Å². The molecule has 5 nitrogen and oxygen atoms in total. The van der Waals surface area contributed by atoms with Gasteiger partial charge < -0.3 is 15.2 Å². The number of carboxylic acid groups (broad SMARTS) is 1. The summed E-state index contributed by atoms with van der Waals surface area (Å²) in [4.78, 5) is 12.8. The maximum Gasteiger partial charge on any atom is 0.332 e. The molecule has 2 N–H and O–H groups in total. The Labute approximate surface area is 96.1 Å². The second-order valence-corrected chi connectivity index (χ2v) is 4.10. The predicted molar refractivity (Wildman–Crippen MR) is 61.5 cm³/mol. The highest BCUT2D eigenvalue weighted by atomic mass is 16.5. The number of ether oxygens (including phenoxy) is 1. The zero-order chi connectivity index (χ0) is 12.0. The van der Waals surface area contributed by atoms with E-state index >= 15 is 0 Å². The van der Waals surface area contributed by atoms with Crippen LogP contribution in [-0.4, -0.2) is 61.4 Å². The minimum Gasteiger partial charge on any atom is -0.478 e. The summed E-state index contributed by atoms with van der Waals surface area (Å²) in [6, 6.07) is 0.259. The van der Waals surface area contributed by atoms with Gasteiger partial charge in [0.15, 0.2) is 0 Å². The average Bonchev–Trinajstić information content (AvgIpc) is 2.27. The molecule has 0 aliphatic carbocycles. The SMILES string of the molecule is C=C(CNC(C)CN1CCOCC1)C(=O)O. The Morgan fingerprint density at radius 3 is 2.75 bits per heavy atom. The molecule has 5 heteroatoms. The number of morpholine rings is 1. The van der Waals surface area contributed by atoms with Gasteiger partial charge in [0.2, 0.25) is 0 Å². The van der Waals surface area contributed by atoms with Crippen LogP contribution in [0.3, 0.4) is 0 Å². The van der Waals surface area contributed by atoms with Gasteiger partial charge in [-0.2, -0.15) is 0 Å². The summed E-state index contributed by atoms with van der Waals surface area (Å²) in [5, 5.41) is 11.8. The first kappa shape index (κ1) is 13.2. The Morgan fingerprint density at radius 2 is 2.19 bits per heavy atom. The fourth-order valence-corrected chi connectivity index (χ4v) is 1.61. The molecule has 1 rings (SSSR count). The van der Waals surface area contributed by atoms with Gasteiger partial charge in [-0.25, -0.2) is 4.79 Å². The molecule has 1 atom stereocenters. The van der Waals surface area contributed by atoms with Gasteiger partial charge >= 0.3 is 5.97 Å². The van der Waals surface area contributed by atoms with Gasteiger partial charge in [0.1, 0.15) is 0 Å². The first-order valence-electron chi connectivity index (χ1n) is 5.54. The molecule has 1 aliphatic heterocycles. The Hall–Kier alpha value is -0.910. The molecule has 1 saturated heterocycles. The third kappa shape index (κ3) is 4.74. The lowest BCUT2D eigenvalue weighted by molar-refractivity contribution is -0.132. The first-order valence-corrected chi connectivity index (χ1v) is 5.54. The zero-order valence-electron chi connectivity index (χ0n) is 9.74. The summed E-state index contributed by atoms with van der Waals surface area (Å²) in [6.07, 6.45) is 0. The van der Waals surface area contributed by atoms with Crippen LogP contribution in [0.2, 0.25) is 0 Å². The van der Waals surface area contributed by atoms with E-state index in [-0.39, 0.29) is 11.6 Å². The molecule has 0 radical (unpaired) electrons. The van der Waals surface area contributed by atoms with Crippen LogP contribution in [0.5, 0.6) is 0 Å². The van der Waals surface area contributed by atoms with Crippen LogP contribution in [-0.2, 0) is 9.53 Å². The van der Waals surface area contributed by atoms with Crippen molar-refractivity contribution < 1.29 is 14.6 Å². The van der Waals surface area contributed by atoms with Crippen molar-refractivity contribution >= 4 is 5.97 Å². The second-order valence-electron chi connectivity index (χ2n) is 4.10. The van der Waals surface area contributed by atoms with Crippen LogP contribution in [0.4, 0.5) is 0 Å². The zero-order valence-corrected chi connectivity index (χ0v) is 9.74. The molecule has 0 bridgehead atoms. The topological polar surface area (TPSA) is 61.8 Å². The number of carboxylic acids is 1. The van der Waals surface area contributed by atoms with E-state index in [1.54, 1.807) is 0 Å². The number of hydrogen-bond donors (Lipinski definition) is 2. The maximum absolute atomic E-state index is 10.5. The monoisotopic (exact) mass is 228 g/mol. The van der Waals surface area contributed by atoms with E-state index in [0.717, 1.165) is 32.8 Å². The van der Waals surface area contributed by atoms with Crippen LogP contribution >= 0.6 is 0 Å². The molecular weight excluding hydrogens is 208 g/mol. The summed E-state index contributed by atoms with van der Waals surface area (Å²) in [5.74, 6) is -0.939. The molecule has 0 aromatic rings. The molecule has 1 aliphatic rings. The van der Waals surface area contributed by atoms with Crippen molar-refractivity contribution in [2.24, 2.45) is 0 Å². The second kappa shape index (κ2) is 6.62. The quantitative estimate of drug-likeness (QED) is 0.624. The third-order valence-corrected chi connectivity index (χ3v) is 2.60. The van der Waals surface area contributed by atoms with Crippen molar-refractivity contribution in [3.8, 4) is 0 Å². The maximum atomic E-state index is 10.5. The Bertz CT molecular complexity index is 250. The number of aliphatic carboxylic acids is 1. The highest BCUT2D eigenvalue weighted by Gasteiger charge is 2.14. The van der Waals surface area contributed by atoms with Crippen molar-refractivity contribution in [2.45, 2.75) is 13.0 Å². The highest BCUT2D eigenvalue weighted by molar-refractivity contribution is 5.86. The van der Waals surface area contributed by atoms with Gasteiger partial charge in [-0.3, -0.25) is 4.90 Å². The van der Waals surface area contributed by atoms with Gasteiger partial charge in [-0.1, -0.05) is 6.58 Å². The summed E-state index contributed by atoms with van der Waals surface area (Å²) in [7, 11) is 0. The Morgan fingerprint density at radius 1 is 1.56 bits per heavy atom. The summed E-state index contributed by atoms with van der Waals surface area (Å²) < 4.78 is 5.26. The molecule has 92 valence electrons. The van der Waals surface area contributed by atoms with Crippen LogP contribution in [0.15, 0.2) is 12.2 Å². The van der Waals surface area contributed by atoms with Crippen molar-refractivity contribution in [2.75, 3.05) is 39.4 Å². The molecule has 1 heterocycles. The molecular formula is C11H20N2O3. The number of rotatable bonds is 6. The minimum atomic E-state index is -0.939. The average molecular weight is 228 g/mol. The molecule has 16 heavy (non-hydrogen) atoms. The van der Waals surface area contributed by atoms with E-state index in [2.05, 4.69) is 16.8 Å². The molecule has 0 aromatic heterocycles. The van der Waals surface area contributed by atoms with Gasteiger partial charge in [0.05, 0.1) is 13.2 Å². The normalized spacial score (nSPS) is 19.3. The lowest BCUT2D eigenvalue weighted by Gasteiger charge is -2.29. The molecule has 0 aromatic carbocycles. The molecule has 1 unspecified atom stereocenters. The number of nitrogens with zero attached hydrogens (tertiary/aromatic N) is 1. The third-order valence-electron chi connectivity index (χ3n) is 2.60. The molecule has 1 fully saturated rings. The largest absolute Gasteiger partial charge is 0.478 e. The van der Waals surface area contributed by atoms with Crippen LogP contribution in [0, 0.1) is 0 Å². The number of carbonyl (C=O) groups is 1. The van der Waals surface area contributed by atoms with E-state index in [1.807, 2.05) is 6.92 Å². The lowest BCUT2D eigenvalue weighted by Crippen LogP contribution is -2.45. The molecule has 0 spiro atoms. The Kier molecular flexibility index (Phi) is 5.45. The molecule has 0 amide bonds. The smallest absolute Gasteiger partial charge is 0.332 e. The lowest BCUT2D eigenvalue weighted by atomic mass is 10.2. The number of nitrogens with one attached hydrogen (secondary N) is 1.